The molecular weight excluding hydrogens is 444 g/mol. The van der Waals surface area contributed by atoms with E-state index >= 15 is 0 Å². The number of anilines is 1. The summed E-state index contributed by atoms with van der Waals surface area (Å²) in [6.45, 7) is 4.14. The summed E-state index contributed by atoms with van der Waals surface area (Å²) < 4.78 is 6.39. The van der Waals surface area contributed by atoms with E-state index in [-0.39, 0.29) is 40.5 Å². The molecule has 0 amide bonds. The summed E-state index contributed by atoms with van der Waals surface area (Å²) >= 11 is 0. The minimum absolute atomic E-state index is 0.0461. The summed E-state index contributed by atoms with van der Waals surface area (Å²) in [6, 6.07) is 5.68. The van der Waals surface area contributed by atoms with Crippen LogP contribution in [-0.4, -0.2) is 39.5 Å². The molecule has 174 valence electrons. The average Bonchev–Trinajstić information content (AvgIpc) is 3.57. The lowest BCUT2D eigenvalue weighted by Crippen LogP contribution is -2.52. The smallest absolute Gasteiger partial charge is 0.198 e. The van der Waals surface area contributed by atoms with Gasteiger partial charge in [-0.2, -0.15) is 0 Å². The Morgan fingerprint density at radius 3 is 2.51 bits per heavy atom. The predicted molar refractivity (Wildman–Crippen MR) is 128 cm³/mol. The molecule has 4 atom stereocenters. The van der Waals surface area contributed by atoms with Crippen molar-refractivity contribution in [3.8, 4) is 29.4 Å². The fourth-order valence-electron chi connectivity index (χ4n) is 5.86. The second kappa shape index (κ2) is 7.07. The molecular formula is C28H22N2O5. The number of fused-ring (bicyclic) bond motifs is 4. The Hall–Kier alpha value is -3.88. The van der Waals surface area contributed by atoms with Crippen LogP contribution >= 0.6 is 0 Å². The van der Waals surface area contributed by atoms with Crippen LogP contribution < -0.4 is 11.1 Å². The monoisotopic (exact) mass is 466 g/mol. The molecule has 1 fully saturated rings. The van der Waals surface area contributed by atoms with Gasteiger partial charge >= 0.3 is 0 Å². The molecule has 4 aliphatic rings. The first-order chi connectivity index (χ1) is 16.8. The van der Waals surface area contributed by atoms with Gasteiger partial charge in [0.15, 0.2) is 23.3 Å². The van der Waals surface area contributed by atoms with Gasteiger partial charge in [-0.1, -0.05) is 43.6 Å². The largest absolute Gasteiger partial charge is 0.507 e. The van der Waals surface area contributed by atoms with E-state index in [1.807, 2.05) is 13.8 Å². The van der Waals surface area contributed by atoms with Crippen LogP contribution in [0.1, 0.15) is 56.8 Å². The molecule has 2 aromatic carbocycles. The summed E-state index contributed by atoms with van der Waals surface area (Å²) in [5.74, 6) is 10.4. The maximum atomic E-state index is 13.8. The molecule has 2 bridgehead atoms. The Morgan fingerprint density at radius 2 is 1.80 bits per heavy atom. The fraction of sp³-hybridized carbons (Fsp3) is 0.286. The molecule has 5 N–H and O–H groups in total. The Labute approximate surface area is 202 Å². The quantitative estimate of drug-likeness (QED) is 0.259. The SMILES string of the molecule is CC(C)[C@@]12O[C@]13c1cc(O)c4c(c1N[C@H]2C#C/C=C\C#C[C@H]3O)C(=O)c1ccc(CN)cc1C4=O. The Balaban J connectivity index is 1.66. The first-order valence-corrected chi connectivity index (χ1v) is 11.4. The zero-order valence-electron chi connectivity index (χ0n) is 19.1. The van der Waals surface area contributed by atoms with E-state index in [9.17, 15) is 19.8 Å². The van der Waals surface area contributed by atoms with E-state index in [0.717, 1.165) is 0 Å². The first kappa shape index (κ1) is 21.6. The molecule has 0 spiro atoms. The van der Waals surface area contributed by atoms with Crippen molar-refractivity contribution in [3.05, 3.63) is 69.8 Å². The summed E-state index contributed by atoms with van der Waals surface area (Å²) in [6.07, 6.45) is 1.88. The molecule has 0 aromatic heterocycles. The van der Waals surface area contributed by atoms with Gasteiger partial charge in [-0.05, 0) is 41.8 Å². The van der Waals surface area contributed by atoms with E-state index < -0.39 is 34.9 Å². The highest BCUT2D eigenvalue weighted by atomic mass is 16.6. The number of hydrogen-bond acceptors (Lipinski definition) is 7. The van der Waals surface area contributed by atoms with Gasteiger partial charge in [-0.25, -0.2) is 0 Å². The van der Waals surface area contributed by atoms with Crippen molar-refractivity contribution < 1.29 is 24.5 Å². The Morgan fingerprint density at radius 1 is 1.09 bits per heavy atom. The number of aliphatic hydroxyl groups excluding tert-OH is 1. The van der Waals surface area contributed by atoms with E-state index in [1.165, 1.54) is 6.07 Å². The average molecular weight is 466 g/mol. The maximum absolute atomic E-state index is 13.8. The van der Waals surface area contributed by atoms with Crippen LogP contribution in [0.4, 0.5) is 5.69 Å². The van der Waals surface area contributed by atoms with Crippen molar-refractivity contribution in [1.29, 1.82) is 0 Å². The highest BCUT2D eigenvalue weighted by Crippen LogP contribution is 2.68. The number of nitrogens with one attached hydrogen (secondary N) is 1. The lowest BCUT2D eigenvalue weighted by atomic mass is 9.67. The number of phenolic OH excluding ortho intramolecular Hbond substituents is 1. The summed E-state index contributed by atoms with van der Waals surface area (Å²) in [5, 5.41) is 25.7. The maximum Gasteiger partial charge on any atom is 0.198 e. The molecule has 0 radical (unpaired) electrons. The molecule has 1 saturated heterocycles. The van der Waals surface area contributed by atoms with Gasteiger partial charge in [-0.15, -0.1) is 0 Å². The van der Waals surface area contributed by atoms with Crippen molar-refractivity contribution in [2.75, 3.05) is 5.32 Å². The van der Waals surface area contributed by atoms with Gasteiger partial charge in [-0.3, -0.25) is 9.59 Å². The van der Waals surface area contributed by atoms with Gasteiger partial charge in [0.1, 0.15) is 17.4 Å². The number of rotatable bonds is 2. The zero-order valence-corrected chi connectivity index (χ0v) is 19.1. The lowest BCUT2D eigenvalue weighted by Gasteiger charge is -2.38. The second-order valence-corrected chi connectivity index (χ2v) is 9.49. The minimum atomic E-state index is -1.33. The van der Waals surface area contributed by atoms with E-state index in [1.54, 1.807) is 30.4 Å². The molecule has 0 unspecified atom stereocenters. The molecule has 2 aromatic rings. The Bertz CT molecular complexity index is 1520. The third-order valence-corrected chi connectivity index (χ3v) is 7.50. The summed E-state index contributed by atoms with van der Waals surface area (Å²) in [5.41, 5.74) is 5.24. The summed E-state index contributed by atoms with van der Waals surface area (Å²) in [4.78, 5) is 27.3. The number of ether oxygens (including phenoxy) is 1. The number of allylic oxidation sites excluding steroid dienone is 2. The van der Waals surface area contributed by atoms with Gasteiger partial charge < -0.3 is 26.0 Å². The fourth-order valence-corrected chi connectivity index (χ4v) is 5.86. The molecule has 6 rings (SSSR count). The van der Waals surface area contributed by atoms with Gasteiger partial charge in [0.2, 0.25) is 0 Å². The molecule has 2 heterocycles. The number of carbonyl (C=O) groups excluding carboxylic acids is 2. The van der Waals surface area contributed by atoms with Crippen molar-refractivity contribution in [3.63, 3.8) is 0 Å². The number of hydrogen-bond donors (Lipinski definition) is 4. The predicted octanol–water partition coefficient (Wildman–Crippen LogP) is 1.98. The van der Waals surface area contributed by atoms with Gasteiger partial charge in [0, 0.05) is 23.2 Å². The van der Waals surface area contributed by atoms with Crippen LogP contribution in [0.5, 0.6) is 5.75 Å². The van der Waals surface area contributed by atoms with Crippen LogP contribution in [0.15, 0.2) is 36.4 Å². The van der Waals surface area contributed by atoms with Crippen LogP contribution in [0.25, 0.3) is 0 Å². The first-order valence-electron chi connectivity index (χ1n) is 11.4. The van der Waals surface area contributed by atoms with E-state index in [4.69, 9.17) is 10.5 Å². The number of epoxide rings is 1. The third-order valence-electron chi connectivity index (χ3n) is 7.50. The number of aliphatic hydroxyl groups is 1. The van der Waals surface area contributed by atoms with Crippen LogP contribution in [0.2, 0.25) is 0 Å². The number of ketones is 2. The topological polar surface area (TPSA) is 125 Å². The molecule has 7 heteroatoms. The Kier molecular flexibility index (Phi) is 4.37. The highest BCUT2D eigenvalue weighted by Gasteiger charge is 2.81. The van der Waals surface area contributed by atoms with Gasteiger partial charge in [0.25, 0.3) is 0 Å². The standard InChI is InChI=1S/C28H22N2O5/c1-14(2)27-20-7-5-3-4-6-8-21(32)28(27,35-27)18-12-19(31)22-23(24(18)30-20)25(33)16-10-9-15(13-29)11-17(16)26(22)34/h3-4,9-12,14,20-21,30-32H,13,29H2,1-2H3/b4-3-/t20-,21+,27-,28-/m0/s1. The van der Waals surface area contributed by atoms with Crippen molar-refractivity contribution in [2.45, 2.75) is 43.7 Å². The zero-order chi connectivity index (χ0) is 24.7. The second-order valence-electron chi connectivity index (χ2n) is 9.49. The summed E-state index contributed by atoms with van der Waals surface area (Å²) in [7, 11) is 0. The third kappa shape index (κ3) is 2.53. The molecule has 7 nitrogen and oxygen atoms in total. The highest BCUT2D eigenvalue weighted by molar-refractivity contribution is 6.31. The number of phenols is 1. The van der Waals surface area contributed by atoms with Crippen LogP contribution in [-0.2, 0) is 16.9 Å². The van der Waals surface area contributed by atoms with Crippen LogP contribution in [0, 0.1) is 29.6 Å². The normalized spacial score (nSPS) is 29.7. The number of aromatic hydroxyl groups is 1. The van der Waals surface area contributed by atoms with Gasteiger partial charge in [0.05, 0.1) is 16.8 Å². The molecule has 2 aliphatic heterocycles. The van der Waals surface area contributed by atoms with Crippen molar-refractivity contribution >= 4 is 17.3 Å². The van der Waals surface area contributed by atoms with Crippen LogP contribution in [0.3, 0.4) is 0 Å². The molecule has 35 heavy (non-hydrogen) atoms. The van der Waals surface area contributed by atoms with Crippen molar-refractivity contribution in [2.24, 2.45) is 11.7 Å². The lowest BCUT2D eigenvalue weighted by molar-refractivity contribution is 0.0975. The number of carbonyl (C=O) groups is 2. The minimum Gasteiger partial charge on any atom is -0.507 e. The number of benzene rings is 2. The molecule has 2 aliphatic carbocycles. The van der Waals surface area contributed by atoms with E-state index in [2.05, 4.69) is 29.0 Å². The van der Waals surface area contributed by atoms with Crippen molar-refractivity contribution in [1.82, 2.24) is 0 Å². The molecule has 0 saturated carbocycles. The number of nitrogens with two attached hydrogens (primary N) is 1. The van der Waals surface area contributed by atoms with E-state index in [0.29, 0.717) is 16.8 Å².